The predicted octanol–water partition coefficient (Wildman–Crippen LogP) is 0.794. The molecule has 1 unspecified atom stereocenters. The number of hydrogen-bond donors (Lipinski definition) is 1. The highest BCUT2D eigenvalue weighted by atomic mass is 35.5. The van der Waals surface area contributed by atoms with Crippen molar-refractivity contribution in [3.8, 4) is 0 Å². The van der Waals surface area contributed by atoms with Crippen molar-refractivity contribution in [3.63, 3.8) is 0 Å². The van der Waals surface area contributed by atoms with Gasteiger partial charge in [0.05, 0.1) is 25.2 Å². The summed E-state index contributed by atoms with van der Waals surface area (Å²) in [6, 6.07) is -0.0649. The minimum Gasteiger partial charge on any atom is -0.383 e. The van der Waals surface area contributed by atoms with E-state index in [-0.39, 0.29) is 11.9 Å². The molecule has 1 atom stereocenters. The molecule has 0 aromatic carbocycles. The Morgan fingerprint density at radius 1 is 1.75 bits per heavy atom. The maximum atomic E-state index is 11.8. The highest BCUT2D eigenvalue weighted by Crippen LogP contribution is 2.00. The summed E-state index contributed by atoms with van der Waals surface area (Å²) in [4.78, 5) is 15.7. The number of amides is 1. The van der Waals surface area contributed by atoms with Crippen LogP contribution in [0.15, 0.2) is 12.5 Å². The number of nitrogens with zero attached hydrogens (tertiary/aromatic N) is 2. The Morgan fingerprint density at radius 3 is 3.00 bits per heavy atom. The molecule has 1 aromatic heterocycles. The van der Waals surface area contributed by atoms with Gasteiger partial charge in [-0.15, -0.1) is 11.6 Å². The third-order valence-electron chi connectivity index (χ3n) is 2.21. The SMILES string of the molecule is COCC(CCCl)NC(=O)c1cncn1C. The summed E-state index contributed by atoms with van der Waals surface area (Å²) in [5.41, 5.74) is 0.524. The van der Waals surface area contributed by atoms with Gasteiger partial charge in [-0.05, 0) is 6.42 Å². The number of imidazole rings is 1. The van der Waals surface area contributed by atoms with Crippen LogP contribution in [0.4, 0.5) is 0 Å². The van der Waals surface area contributed by atoms with E-state index < -0.39 is 0 Å². The summed E-state index contributed by atoms with van der Waals surface area (Å²) >= 11 is 5.65. The zero-order valence-corrected chi connectivity index (χ0v) is 10.2. The predicted molar refractivity (Wildman–Crippen MR) is 61.7 cm³/mol. The maximum Gasteiger partial charge on any atom is 0.269 e. The van der Waals surface area contributed by atoms with Crippen LogP contribution in [-0.4, -0.2) is 41.1 Å². The second kappa shape index (κ2) is 6.50. The third-order valence-corrected chi connectivity index (χ3v) is 2.43. The van der Waals surface area contributed by atoms with Crippen molar-refractivity contribution in [2.75, 3.05) is 19.6 Å². The molecule has 0 fully saturated rings. The number of halogens is 1. The summed E-state index contributed by atoms with van der Waals surface area (Å²) in [6.07, 6.45) is 3.79. The lowest BCUT2D eigenvalue weighted by Crippen LogP contribution is -2.39. The van der Waals surface area contributed by atoms with Crippen molar-refractivity contribution < 1.29 is 9.53 Å². The Labute approximate surface area is 99.8 Å². The fourth-order valence-corrected chi connectivity index (χ4v) is 1.63. The van der Waals surface area contributed by atoms with E-state index in [4.69, 9.17) is 16.3 Å². The second-order valence-corrected chi connectivity index (χ2v) is 3.87. The summed E-state index contributed by atoms with van der Waals surface area (Å²) in [6.45, 7) is 0.455. The number of alkyl halides is 1. The number of methoxy groups -OCH3 is 1. The van der Waals surface area contributed by atoms with E-state index in [9.17, 15) is 4.79 Å². The molecule has 1 heterocycles. The first kappa shape index (κ1) is 13.0. The van der Waals surface area contributed by atoms with Crippen molar-refractivity contribution in [1.29, 1.82) is 0 Å². The summed E-state index contributed by atoms with van der Waals surface area (Å²) in [5, 5.41) is 2.85. The van der Waals surface area contributed by atoms with Gasteiger partial charge in [-0.3, -0.25) is 4.79 Å². The van der Waals surface area contributed by atoms with Crippen LogP contribution in [0.1, 0.15) is 16.9 Å². The van der Waals surface area contributed by atoms with Crippen molar-refractivity contribution in [2.45, 2.75) is 12.5 Å². The maximum absolute atomic E-state index is 11.8. The molecule has 0 radical (unpaired) electrons. The van der Waals surface area contributed by atoms with Crippen molar-refractivity contribution in [2.24, 2.45) is 7.05 Å². The quantitative estimate of drug-likeness (QED) is 0.754. The molecular formula is C10H16ClN3O2. The topological polar surface area (TPSA) is 56.1 Å². The normalized spacial score (nSPS) is 12.4. The van der Waals surface area contributed by atoms with E-state index in [1.165, 1.54) is 6.20 Å². The van der Waals surface area contributed by atoms with E-state index >= 15 is 0 Å². The molecule has 16 heavy (non-hydrogen) atoms. The number of aromatic nitrogens is 2. The Morgan fingerprint density at radius 2 is 2.50 bits per heavy atom. The molecule has 5 nitrogen and oxygen atoms in total. The van der Waals surface area contributed by atoms with E-state index in [0.29, 0.717) is 24.6 Å². The van der Waals surface area contributed by atoms with E-state index in [1.807, 2.05) is 0 Å². The summed E-state index contributed by atoms with van der Waals surface area (Å²) < 4.78 is 6.68. The van der Waals surface area contributed by atoms with E-state index in [0.717, 1.165) is 0 Å². The molecule has 0 aliphatic rings. The van der Waals surface area contributed by atoms with Gasteiger partial charge in [0.25, 0.3) is 5.91 Å². The van der Waals surface area contributed by atoms with Gasteiger partial charge >= 0.3 is 0 Å². The molecule has 1 N–H and O–H groups in total. The first-order chi connectivity index (χ1) is 7.69. The number of rotatable bonds is 6. The Bertz CT molecular complexity index is 335. The molecule has 0 saturated heterocycles. The number of aryl methyl sites for hydroxylation is 1. The third kappa shape index (κ3) is 3.50. The highest BCUT2D eigenvalue weighted by Gasteiger charge is 2.15. The molecule has 1 aromatic rings. The molecule has 90 valence electrons. The van der Waals surface area contributed by atoms with Crippen LogP contribution >= 0.6 is 11.6 Å². The molecule has 1 amide bonds. The van der Waals surface area contributed by atoms with Crippen LogP contribution in [0, 0.1) is 0 Å². The lowest BCUT2D eigenvalue weighted by Gasteiger charge is -2.16. The Kier molecular flexibility index (Phi) is 5.28. The van der Waals surface area contributed by atoms with Gasteiger partial charge in [0.1, 0.15) is 5.69 Å². The number of ether oxygens (including phenoxy) is 1. The molecule has 0 spiro atoms. The molecule has 1 rings (SSSR count). The van der Waals surface area contributed by atoms with Crippen LogP contribution in [0.25, 0.3) is 0 Å². The average molecular weight is 246 g/mol. The van der Waals surface area contributed by atoms with Gasteiger partial charge in [-0.2, -0.15) is 0 Å². The number of carbonyl (C=O) groups is 1. The number of carbonyl (C=O) groups excluding carboxylic acids is 1. The van der Waals surface area contributed by atoms with Crippen molar-refractivity contribution >= 4 is 17.5 Å². The van der Waals surface area contributed by atoms with Gasteiger partial charge in [-0.25, -0.2) is 4.98 Å². The van der Waals surface area contributed by atoms with Crippen molar-refractivity contribution in [1.82, 2.24) is 14.9 Å². The minimum atomic E-state index is -0.160. The standard InChI is InChI=1S/C10H16ClN3O2/c1-14-7-12-5-9(14)10(15)13-8(3-4-11)6-16-2/h5,7-8H,3-4,6H2,1-2H3,(H,13,15). The Balaban J connectivity index is 2.58. The second-order valence-electron chi connectivity index (χ2n) is 3.49. The molecule has 0 aliphatic carbocycles. The monoisotopic (exact) mass is 245 g/mol. The molecule has 6 heteroatoms. The smallest absolute Gasteiger partial charge is 0.269 e. The number of nitrogens with one attached hydrogen (secondary N) is 1. The van der Waals surface area contributed by atoms with Gasteiger partial charge < -0.3 is 14.6 Å². The van der Waals surface area contributed by atoms with Crippen LogP contribution < -0.4 is 5.32 Å². The first-order valence-corrected chi connectivity index (χ1v) is 5.54. The first-order valence-electron chi connectivity index (χ1n) is 5.01. The van der Waals surface area contributed by atoms with Crippen LogP contribution in [-0.2, 0) is 11.8 Å². The highest BCUT2D eigenvalue weighted by molar-refractivity contribution is 6.17. The zero-order chi connectivity index (χ0) is 12.0. The summed E-state index contributed by atoms with van der Waals surface area (Å²) in [7, 11) is 3.37. The Hall–Kier alpha value is -1.07. The molecule has 0 bridgehead atoms. The fraction of sp³-hybridized carbons (Fsp3) is 0.600. The van der Waals surface area contributed by atoms with Crippen molar-refractivity contribution in [3.05, 3.63) is 18.2 Å². The molecule has 0 saturated carbocycles. The van der Waals surface area contributed by atoms with Gasteiger partial charge in [0, 0.05) is 20.0 Å². The number of hydrogen-bond acceptors (Lipinski definition) is 3. The zero-order valence-electron chi connectivity index (χ0n) is 9.44. The molecule has 0 aliphatic heterocycles. The lowest BCUT2D eigenvalue weighted by molar-refractivity contribution is 0.0887. The van der Waals surface area contributed by atoms with Crippen LogP contribution in [0.3, 0.4) is 0 Å². The lowest BCUT2D eigenvalue weighted by atomic mass is 10.2. The van der Waals surface area contributed by atoms with Crippen LogP contribution in [0.5, 0.6) is 0 Å². The van der Waals surface area contributed by atoms with Gasteiger partial charge in [-0.1, -0.05) is 0 Å². The van der Waals surface area contributed by atoms with Crippen LogP contribution in [0.2, 0.25) is 0 Å². The minimum absolute atomic E-state index is 0.0649. The van der Waals surface area contributed by atoms with Gasteiger partial charge in [0.15, 0.2) is 0 Å². The fourth-order valence-electron chi connectivity index (χ4n) is 1.37. The van der Waals surface area contributed by atoms with E-state index in [2.05, 4.69) is 10.3 Å². The summed E-state index contributed by atoms with van der Waals surface area (Å²) in [5.74, 6) is 0.326. The van der Waals surface area contributed by atoms with Gasteiger partial charge in [0.2, 0.25) is 0 Å². The largest absolute Gasteiger partial charge is 0.383 e. The van der Waals surface area contributed by atoms with E-state index in [1.54, 1.807) is 25.1 Å². The average Bonchev–Trinajstić information content (AvgIpc) is 2.65. The molecular weight excluding hydrogens is 230 g/mol.